The van der Waals surface area contributed by atoms with Gasteiger partial charge in [-0.25, -0.2) is 0 Å². The van der Waals surface area contributed by atoms with Gasteiger partial charge in [0.25, 0.3) is 0 Å². The van der Waals surface area contributed by atoms with Crippen molar-refractivity contribution in [3.05, 3.63) is 0 Å². The smallest absolute Gasteiger partial charge is 0.312 e. The molecular weight excluding hydrogens is 360 g/mol. The van der Waals surface area contributed by atoms with Crippen LogP contribution in [0, 0.1) is 28.1 Å². The first-order chi connectivity index (χ1) is 12.7. The van der Waals surface area contributed by atoms with Gasteiger partial charge in [0.2, 0.25) is 0 Å². The molecule has 3 atom stereocenters. The minimum absolute atomic E-state index is 0.0230. The molecule has 28 heavy (non-hydrogen) atoms. The molecule has 3 unspecified atom stereocenters. The Hall–Kier alpha value is -1.59. The maximum absolute atomic E-state index is 12.8. The molecule has 1 fully saturated rings. The topological polar surface area (TPSA) is 89.9 Å². The van der Waals surface area contributed by atoms with Crippen molar-refractivity contribution in [2.24, 2.45) is 28.1 Å². The molecule has 1 aliphatic rings. The molecule has 6 heteroatoms. The quantitative estimate of drug-likeness (QED) is 0.503. The second kappa shape index (κ2) is 9.27. The van der Waals surface area contributed by atoms with Crippen LogP contribution in [0.4, 0.5) is 0 Å². The molecular formula is C22H38O6. The van der Waals surface area contributed by atoms with E-state index in [1.165, 1.54) is 0 Å². The molecule has 0 aromatic carbocycles. The van der Waals surface area contributed by atoms with E-state index in [2.05, 4.69) is 20.8 Å². The highest BCUT2D eigenvalue weighted by molar-refractivity contribution is 5.81. The Labute approximate surface area is 169 Å². The first-order valence-electron chi connectivity index (χ1n) is 10.3. The maximum Gasteiger partial charge on any atom is 0.312 e. The molecule has 6 nitrogen and oxygen atoms in total. The van der Waals surface area contributed by atoms with E-state index in [1.807, 2.05) is 27.7 Å². The summed E-state index contributed by atoms with van der Waals surface area (Å²) >= 11 is 0. The van der Waals surface area contributed by atoms with Crippen LogP contribution < -0.4 is 0 Å². The van der Waals surface area contributed by atoms with Gasteiger partial charge < -0.3 is 14.6 Å². The number of rotatable bonds is 7. The molecule has 1 N–H and O–H groups in total. The van der Waals surface area contributed by atoms with Crippen molar-refractivity contribution in [3.63, 3.8) is 0 Å². The van der Waals surface area contributed by atoms with Gasteiger partial charge in [-0.1, -0.05) is 54.4 Å². The number of carboxylic acid groups (broad SMARTS) is 1. The molecule has 162 valence electrons. The normalized spacial score (nSPS) is 22.8. The molecule has 0 heterocycles. The number of aliphatic carboxylic acids is 1. The van der Waals surface area contributed by atoms with E-state index < -0.39 is 29.2 Å². The Morgan fingerprint density at radius 2 is 1.36 bits per heavy atom. The minimum atomic E-state index is -0.948. The van der Waals surface area contributed by atoms with Gasteiger partial charge in [-0.05, 0) is 37.0 Å². The summed E-state index contributed by atoms with van der Waals surface area (Å²) in [7, 11) is 0. The molecule has 0 aromatic rings. The summed E-state index contributed by atoms with van der Waals surface area (Å²) in [6.07, 6.45) is 3.35. The Morgan fingerprint density at radius 3 is 1.82 bits per heavy atom. The van der Waals surface area contributed by atoms with Gasteiger partial charge in [0, 0.05) is 0 Å². The summed E-state index contributed by atoms with van der Waals surface area (Å²) in [6.45, 7) is 14.2. The van der Waals surface area contributed by atoms with Gasteiger partial charge in [-0.15, -0.1) is 0 Å². The van der Waals surface area contributed by atoms with E-state index in [0.717, 1.165) is 12.8 Å². The van der Waals surface area contributed by atoms with Crippen molar-refractivity contribution in [1.29, 1.82) is 0 Å². The van der Waals surface area contributed by atoms with E-state index in [0.29, 0.717) is 19.3 Å². The molecule has 0 aromatic heterocycles. The van der Waals surface area contributed by atoms with Crippen LogP contribution in [0.25, 0.3) is 0 Å². The van der Waals surface area contributed by atoms with Crippen LogP contribution in [0.1, 0.15) is 80.6 Å². The molecule has 0 aliphatic heterocycles. The van der Waals surface area contributed by atoms with Crippen LogP contribution in [-0.4, -0.2) is 36.2 Å². The van der Waals surface area contributed by atoms with E-state index in [9.17, 15) is 19.5 Å². The predicted molar refractivity (Wildman–Crippen MR) is 107 cm³/mol. The molecule has 1 rings (SSSR count). The van der Waals surface area contributed by atoms with Crippen LogP contribution >= 0.6 is 0 Å². The van der Waals surface area contributed by atoms with Gasteiger partial charge >= 0.3 is 17.9 Å². The second-order valence-electron chi connectivity index (χ2n) is 10.5. The van der Waals surface area contributed by atoms with Gasteiger partial charge in [0.05, 0.1) is 17.3 Å². The van der Waals surface area contributed by atoms with Crippen LogP contribution in [-0.2, 0) is 23.9 Å². The minimum Gasteiger partial charge on any atom is -0.481 e. The largest absolute Gasteiger partial charge is 0.481 e. The zero-order chi connectivity index (χ0) is 21.8. The van der Waals surface area contributed by atoms with Crippen molar-refractivity contribution in [1.82, 2.24) is 0 Å². The van der Waals surface area contributed by atoms with Gasteiger partial charge in [0.1, 0.15) is 13.2 Å². The summed E-state index contributed by atoms with van der Waals surface area (Å²) in [6, 6.07) is 0. The first kappa shape index (κ1) is 24.4. The number of carbonyl (C=O) groups excluding carboxylic acids is 2. The standard InChI is InChI=1S/C22H38O6/c1-20(2,3)14-22(7,21(4,5)6)19(26)28-13-12-27-18(25)16-11-9-8-10-15(16)17(23)24/h15-16H,8-14H2,1-7H3,(H,23,24). The summed E-state index contributed by atoms with van der Waals surface area (Å²) in [5.74, 6) is -3.04. The van der Waals surface area contributed by atoms with Crippen LogP contribution in [0.5, 0.6) is 0 Å². The number of esters is 2. The third kappa shape index (κ3) is 6.49. The van der Waals surface area contributed by atoms with Crippen molar-refractivity contribution in [2.45, 2.75) is 80.6 Å². The fourth-order valence-electron chi connectivity index (χ4n) is 3.96. The number of carbonyl (C=O) groups is 3. The summed E-state index contributed by atoms with van der Waals surface area (Å²) in [5.41, 5.74) is -1.00. The van der Waals surface area contributed by atoms with Gasteiger partial charge in [0.15, 0.2) is 0 Å². The lowest BCUT2D eigenvalue weighted by molar-refractivity contribution is -0.170. The highest BCUT2D eigenvalue weighted by atomic mass is 16.6. The van der Waals surface area contributed by atoms with Crippen LogP contribution in [0.2, 0.25) is 0 Å². The second-order valence-corrected chi connectivity index (χ2v) is 10.5. The Balaban J connectivity index is 2.60. The molecule has 1 saturated carbocycles. The Kier molecular flexibility index (Phi) is 8.10. The fourth-order valence-corrected chi connectivity index (χ4v) is 3.96. The SMILES string of the molecule is CC(C)(C)CC(C)(C(=O)OCCOC(=O)C1CCCCC1C(=O)O)C(C)(C)C. The Bertz CT molecular complexity index is 569. The van der Waals surface area contributed by atoms with E-state index >= 15 is 0 Å². The van der Waals surface area contributed by atoms with Crippen LogP contribution in [0.3, 0.4) is 0 Å². The average Bonchev–Trinajstić information content (AvgIpc) is 2.55. The van der Waals surface area contributed by atoms with Crippen molar-refractivity contribution in [2.75, 3.05) is 13.2 Å². The lowest BCUT2D eigenvalue weighted by Crippen LogP contribution is -2.44. The molecule has 0 amide bonds. The summed E-state index contributed by atoms with van der Waals surface area (Å²) in [5, 5.41) is 9.28. The third-order valence-electron chi connectivity index (χ3n) is 5.94. The van der Waals surface area contributed by atoms with Gasteiger partial charge in [-0.3, -0.25) is 14.4 Å². The number of hydrogen-bond donors (Lipinski definition) is 1. The molecule has 0 radical (unpaired) electrons. The summed E-state index contributed by atoms with van der Waals surface area (Å²) < 4.78 is 10.7. The maximum atomic E-state index is 12.8. The molecule has 0 bridgehead atoms. The zero-order valence-electron chi connectivity index (χ0n) is 18.6. The number of carboxylic acids is 1. The number of hydrogen-bond acceptors (Lipinski definition) is 5. The van der Waals surface area contributed by atoms with Crippen molar-refractivity contribution >= 4 is 17.9 Å². The average molecular weight is 399 g/mol. The van der Waals surface area contributed by atoms with Gasteiger partial charge in [-0.2, -0.15) is 0 Å². The van der Waals surface area contributed by atoms with Crippen LogP contribution in [0.15, 0.2) is 0 Å². The summed E-state index contributed by atoms with van der Waals surface area (Å²) in [4.78, 5) is 36.4. The first-order valence-corrected chi connectivity index (χ1v) is 10.3. The fraction of sp³-hybridized carbons (Fsp3) is 0.864. The monoisotopic (exact) mass is 398 g/mol. The van der Waals surface area contributed by atoms with Crippen molar-refractivity contribution in [3.8, 4) is 0 Å². The Morgan fingerprint density at radius 1 is 0.857 bits per heavy atom. The highest BCUT2D eigenvalue weighted by Crippen LogP contribution is 2.47. The third-order valence-corrected chi connectivity index (χ3v) is 5.94. The highest BCUT2D eigenvalue weighted by Gasteiger charge is 2.47. The predicted octanol–water partition coefficient (Wildman–Crippen LogP) is 4.45. The molecule has 1 aliphatic carbocycles. The van der Waals surface area contributed by atoms with E-state index in [1.54, 1.807) is 0 Å². The lowest BCUT2D eigenvalue weighted by Gasteiger charge is -2.43. The van der Waals surface area contributed by atoms with E-state index in [-0.39, 0.29) is 30.0 Å². The molecule has 0 saturated heterocycles. The lowest BCUT2D eigenvalue weighted by atomic mass is 9.61. The van der Waals surface area contributed by atoms with Crippen molar-refractivity contribution < 1.29 is 29.0 Å². The number of ether oxygens (including phenoxy) is 2. The molecule has 0 spiro atoms. The van der Waals surface area contributed by atoms with E-state index in [4.69, 9.17) is 9.47 Å². The zero-order valence-corrected chi connectivity index (χ0v) is 18.6.